The molecule has 0 aliphatic carbocycles. The Labute approximate surface area is 155 Å². The molecule has 136 valence electrons. The maximum Gasteiger partial charge on any atom is 0.257 e. The minimum Gasteiger partial charge on any atom is -0.366 e. The molecule has 0 saturated heterocycles. The monoisotopic (exact) mass is 372 g/mol. The highest BCUT2D eigenvalue weighted by Gasteiger charge is 2.29. The molecule has 1 aliphatic heterocycles. The van der Waals surface area contributed by atoms with Gasteiger partial charge in [0, 0.05) is 34.7 Å². The number of nitrogens with two attached hydrogens (primary N) is 1. The lowest BCUT2D eigenvalue weighted by atomic mass is 10.1. The molecule has 2 heterocycles. The number of fused-ring (bicyclic) bond motifs is 1. The van der Waals surface area contributed by atoms with E-state index in [9.17, 15) is 14.4 Å². The third-order valence-corrected chi connectivity index (χ3v) is 5.48. The van der Waals surface area contributed by atoms with Crippen molar-refractivity contribution in [1.29, 1.82) is 0 Å². The van der Waals surface area contributed by atoms with Gasteiger partial charge in [0.05, 0.1) is 6.04 Å². The molecule has 3 rings (SSSR count). The zero-order chi connectivity index (χ0) is 18.8. The Kier molecular flexibility index (Phi) is 5.13. The third kappa shape index (κ3) is 3.50. The molecule has 0 radical (unpaired) electrons. The molecule has 1 aromatic heterocycles. The number of hydrogen-bond donors (Lipinski definition) is 2. The largest absolute Gasteiger partial charge is 0.366 e. The molecular weight excluding hydrogens is 352 g/mol. The number of carbonyl (C=O) groups is 2. The summed E-state index contributed by atoms with van der Waals surface area (Å²) in [7, 11) is 0. The minimum absolute atomic E-state index is 0.0522. The van der Waals surface area contributed by atoms with Crippen LogP contribution in [0.15, 0.2) is 34.2 Å². The first-order valence-corrected chi connectivity index (χ1v) is 9.33. The van der Waals surface area contributed by atoms with E-state index in [1.165, 1.54) is 11.8 Å². The Hall–Kier alpha value is -2.61. The lowest BCUT2D eigenvalue weighted by Gasteiger charge is -2.15. The summed E-state index contributed by atoms with van der Waals surface area (Å²) in [6.45, 7) is 3.77. The fourth-order valence-corrected chi connectivity index (χ4v) is 4.20. The first-order chi connectivity index (χ1) is 12.4. The quantitative estimate of drug-likeness (QED) is 0.780. The molecule has 1 atom stereocenters. The lowest BCUT2D eigenvalue weighted by molar-refractivity contribution is -0.116. The van der Waals surface area contributed by atoms with E-state index in [4.69, 9.17) is 5.73 Å². The molecule has 0 saturated carbocycles. The fraction of sp³-hybridized carbons (Fsp3) is 0.333. The minimum atomic E-state index is -0.517. The number of rotatable bonds is 5. The highest BCUT2D eigenvalue weighted by molar-refractivity contribution is 7.99. The summed E-state index contributed by atoms with van der Waals surface area (Å²) in [5.74, 6) is -0.0692. The Morgan fingerprint density at radius 1 is 1.35 bits per heavy atom. The number of anilines is 1. The average molecular weight is 372 g/mol. The maximum absolute atomic E-state index is 12.7. The molecule has 0 spiro atoms. The van der Waals surface area contributed by atoms with Crippen LogP contribution in [0.25, 0.3) is 0 Å². The molecule has 3 N–H and O–H groups in total. The van der Waals surface area contributed by atoms with E-state index < -0.39 is 5.91 Å². The van der Waals surface area contributed by atoms with E-state index in [2.05, 4.69) is 10.3 Å². The number of carbonyl (C=O) groups excluding carboxylic acids is 2. The van der Waals surface area contributed by atoms with Crippen molar-refractivity contribution < 1.29 is 9.59 Å². The predicted octanol–water partition coefficient (Wildman–Crippen LogP) is 1.89. The van der Waals surface area contributed by atoms with Crippen LogP contribution in [0, 0.1) is 6.92 Å². The number of amides is 2. The van der Waals surface area contributed by atoms with Gasteiger partial charge in [-0.15, -0.1) is 0 Å². The van der Waals surface area contributed by atoms with Crippen LogP contribution in [0.2, 0.25) is 0 Å². The van der Waals surface area contributed by atoms with Crippen molar-refractivity contribution in [3.05, 3.63) is 51.4 Å². The predicted molar refractivity (Wildman–Crippen MR) is 101 cm³/mol. The molecular formula is C18H20N4O3S. The molecule has 1 aromatic carbocycles. The van der Waals surface area contributed by atoms with Crippen molar-refractivity contribution in [3.63, 3.8) is 0 Å². The van der Waals surface area contributed by atoms with Gasteiger partial charge in [0.2, 0.25) is 11.8 Å². The molecule has 1 unspecified atom stereocenters. The van der Waals surface area contributed by atoms with Gasteiger partial charge in [-0.2, -0.15) is 0 Å². The van der Waals surface area contributed by atoms with Crippen molar-refractivity contribution in [3.8, 4) is 0 Å². The standard InChI is InChI=1S/C18H20N4O3S/c1-3-14-10(2)20-18-22(17(14)25)13(9-26-18)8-15(23)21-12-6-4-11(5-7-12)16(19)24/h4-7,13H,3,8-9H2,1-2H3,(H2,19,24)(H,21,23). The molecule has 8 heteroatoms. The van der Waals surface area contributed by atoms with E-state index in [0.29, 0.717) is 34.1 Å². The van der Waals surface area contributed by atoms with Gasteiger partial charge in [-0.3, -0.25) is 19.0 Å². The highest BCUT2D eigenvalue weighted by Crippen LogP contribution is 2.32. The number of primary amides is 1. The van der Waals surface area contributed by atoms with Crippen LogP contribution in [0.1, 0.15) is 41.0 Å². The summed E-state index contributed by atoms with van der Waals surface area (Å²) in [5, 5.41) is 3.46. The van der Waals surface area contributed by atoms with Crippen molar-refractivity contribution in [2.75, 3.05) is 11.1 Å². The topological polar surface area (TPSA) is 107 Å². The van der Waals surface area contributed by atoms with Crippen molar-refractivity contribution in [2.45, 2.75) is 37.9 Å². The van der Waals surface area contributed by atoms with Crippen LogP contribution in [-0.4, -0.2) is 27.1 Å². The summed E-state index contributed by atoms with van der Waals surface area (Å²) in [4.78, 5) is 40.7. The molecule has 1 aliphatic rings. The second kappa shape index (κ2) is 7.33. The van der Waals surface area contributed by atoms with E-state index in [0.717, 1.165) is 5.69 Å². The maximum atomic E-state index is 12.7. The number of aromatic nitrogens is 2. The molecule has 2 aromatic rings. The molecule has 0 bridgehead atoms. The SMILES string of the molecule is CCc1c(C)nc2n(c1=O)C(CC(=O)Nc1ccc(C(N)=O)cc1)CS2. The summed E-state index contributed by atoms with van der Waals surface area (Å²) in [6.07, 6.45) is 0.805. The van der Waals surface area contributed by atoms with Gasteiger partial charge >= 0.3 is 0 Å². The van der Waals surface area contributed by atoms with Crippen molar-refractivity contribution >= 4 is 29.3 Å². The van der Waals surface area contributed by atoms with Gasteiger partial charge in [-0.25, -0.2) is 4.98 Å². The van der Waals surface area contributed by atoms with Gasteiger partial charge in [0.15, 0.2) is 5.16 Å². The number of thioether (sulfide) groups is 1. The molecule has 7 nitrogen and oxygen atoms in total. The van der Waals surface area contributed by atoms with Crippen LogP contribution in [-0.2, 0) is 11.2 Å². The van der Waals surface area contributed by atoms with E-state index >= 15 is 0 Å². The number of benzene rings is 1. The van der Waals surface area contributed by atoms with Gasteiger partial charge in [0.1, 0.15) is 0 Å². The lowest BCUT2D eigenvalue weighted by Crippen LogP contribution is -2.30. The zero-order valence-corrected chi connectivity index (χ0v) is 15.4. The summed E-state index contributed by atoms with van der Waals surface area (Å²) in [5.41, 5.74) is 7.56. The van der Waals surface area contributed by atoms with Gasteiger partial charge < -0.3 is 11.1 Å². The first-order valence-electron chi connectivity index (χ1n) is 8.35. The Morgan fingerprint density at radius 2 is 2.04 bits per heavy atom. The van der Waals surface area contributed by atoms with Crippen LogP contribution < -0.4 is 16.6 Å². The Bertz CT molecular complexity index is 921. The Morgan fingerprint density at radius 3 is 2.65 bits per heavy atom. The smallest absolute Gasteiger partial charge is 0.257 e. The normalized spacial score (nSPS) is 15.5. The fourth-order valence-electron chi connectivity index (χ4n) is 3.02. The Balaban J connectivity index is 1.74. The van der Waals surface area contributed by atoms with Gasteiger partial charge in [-0.05, 0) is 37.6 Å². The number of nitrogens with zero attached hydrogens (tertiary/aromatic N) is 2. The number of nitrogens with one attached hydrogen (secondary N) is 1. The third-order valence-electron chi connectivity index (χ3n) is 4.38. The van der Waals surface area contributed by atoms with Gasteiger partial charge in [0.25, 0.3) is 5.56 Å². The number of hydrogen-bond acceptors (Lipinski definition) is 5. The van der Waals surface area contributed by atoms with Crippen LogP contribution in [0.3, 0.4) is 0 Å². The second-order valence-electron chi connectivity index (χ2n) is 6.15. The summed E-state index contributed by atoms with van der Waals surface area (Å²) >= 11 is 1.50. The second-order valence-corrected chi connectivity index (χ2v) is 7.13. The highest BCUT2D eigenvalue weighted by atomic mass is 32.2. The van der Waals surface area contributed by atoms with E-state index in [-0.39, 0.29) is 23.9 Å². The summed E-state index contributed by atoms with van der Waals surface area (Å²) in [6, 6.07) is 6.15. The number of aryl methyl sites for hydroxylation is 1. The molecule has 0 fully saturated rings. The van der Waals surface area contributed by atoms with E-state index in [1.807, 2.05) is 13.8 Å². The molecule has 2 amide bonds. The van der Waals surface area contributed by atoms with Crippen LogP contribution >= 0.6 is 11.8 Å². The first kappa shape index (κ1) is 18.2. The average Bonchev–Trinajstić information content (AvgIpc) is 2.98. The van der Waals surface area contributed by atoms with Gasteiger partial charge in [-0.1, -0.05) is 18.7 Å². The van der Waals surface area contributed by atoms with E-state index in [1.54, 1.807) is 28.8 Å². The zero-order valence-electron chi connectivity index (χ0n) is 14.6. The van der Waals surface area contributed by atoms with Crippen molar-refractivity contribution in [1.82, 2.24) is 9.55 Å². The van der Waals surface area contributed by atoms with Crippen molar-refractivity contribution in [2.24, 2.45) is 5.73 Å². The van der Waals surface area contributed by atoms with Crippen LogP contribution in [0.5, 0.6) is 0 Å². The van der Waals surface area contributed by atoms with Crippen LogP contribution in [0.4, 0.5) is 5.69 Å². The molecule has 26 heavy (non-hydrogen) atoms. The summed E-state index contributed by atoms with van der Waals surface area (Å²) < 4.78 is 1.65.